The molecule has 0 saturated carbocycles. The highest BCUT2D eigenvalue weighted by Crippen LogP contribution is 2.41. The summed E-state index contributed by atoms with van der Waals surface area (Å²) in [4.78, 5) is 17.7. The molecule has 0 aliphatic carbocycles. The van der Waals surface area contributed by atoms with Crippen molar-refractivity contribution in [1.82, 2.24) is 9.55 Å². The highest BCUT2D eigenvalue weighted by molar-refractivity contribution is 8.19. The molecule has 0 amide bonds. The lowest BCUT2D eigenvalue weighted by Crippen LogP contribution is -2.11. The van der Waals surface area contributed by atoms with E-state index in [1.54, 1.807) is 6.20 Å². The van der Waals surface area contributed by atoms with E-state index in [2.05, 4.69) is 60.7 Å². The molecule has 1 aromatic carbocycles. The van der Waals surface area contributed by atoms with Gasteiger partial charge in [-0.2, -0.15) is 0 Å². The molecular formula is C21H19N3OS2. The van der Waals surface area contributed by atoms with Gasteiger partial charge in [0.05, 0.1) is 9.95 Å². The fourth-order valence-corrected chi connectivity index (χ4v) is 5.15. The highest BCUT2D eigenvalue weighted by atomic mass is 32.2. The van der Waals surface area contributed by atoms with E-state index in [-0.39, 0.29) is 5.78 Å². The monoisotopic (exact) mass is 393 g/mol. The first-order chi connectivity index (χ1) is 13.0. The van der Waals surface area contributed by atoms with Gasteiger partial charge < -0.3 is 4.57 Å². The van der Waals surface area contributed by atoms with Gasteiger partial charge in [0.15, 0.2) is 5.78 Å². The first kappa shape index (κ1) is 17.9. The molecule has 136 valence electrons. The second-order valence-electron chi connectivity index (χ2n) is 6.64. The summed E-state index contributed by atoms with van der Waals surface area (Å²) >= 11 is 2.68. The number of ketones is 1. The zero-order valence-corrected chi connectivity index (χ0v) is 16.9. The Kier molecular flexibility index (Phi) is 4.61. The van der Waals surface area contributed by atoms with Crippen LogP contribution >= 0.6 is 23.1 Å². The SMILES string of the molecule is Cc1ccc(-n2c(C)cc(/C=C3\SC(=N)[C@H](c4nccs4)C3=O)c2C)cc1. The summed E-state index contributed by atoms with van der Waals surface area (Å²) in [6.07, 6.45) is 3.60. The smallest absolute Gasteiger partial charge is 0.186 e. The molecule has 3 aromatic rings. The van der Waals surface area contributed by atoms with Crippen LogP contribution in [-0.2, 0) is 4.79 Å². The molecule has 0 bridgehead atoms. The van der Waals surface area contributed by atoms with Gasteiger partial charge in [-0.1, -0.05) is 29.5 Å². The first-order valence-electron chi connectivity index (χ1n) is 8.63. The second-order valence-corrected chi connectivity index (χ2v) is 8.65. The number of Topliss-reactive ketones (excluding diaryl/α,β-unsaturated/α-hetero) is 1. The number of allylic oxidation sites excluding steroid dienone is 1. The first-order valence-corrected chi connectivity index (χ1v) is 10.3. The second kappa shape index (κ2) is 6.94. The Bertz CT molecular complexity index is 1060. The summed E-state index contributed by atoms with van der Waals surface area (Å²) in [5.74, 6) is -0.568. The van der Waals surface area contributed by atoms with Crippen LogP contribution in [0.3, 0.4) is 0 Å². The number of benzene rings is 1. The average molecular weight is 394 g/mol. The van der Waals surface area contributed by atoms with Crippen LogP contribution in [-0.4, -0.2) is 20.4 Å². The van der Waals surface area contributed by atoms with E-state index in [4.69, 9.17) is 5.41 Å². The number of thiazole rings is 1. The standard InChI is InChI=1S/C21H19N3OS2/c1-12-4-6-16(7-5-12)24-13(2)10-15(14(24)3)11-17-19(25)18(20(22)27-17)21-23-8-9-26-21/h4-11,18,22H,1-3H3/b17-11-,22-20?/t18-/m1/s1. The van der Waals surface area contributed by atoms with E-state index in [9.17, 15) is 4.79 Å². The molecule has 1 atom stereocenters. The molecule has 1 saturated heterocycles. The molecule has 3 heterocycles. The van der Waals surface area contributed by atoms with Crippen LogP contribution in [0.5, 0.6) is 0 Å². The molecule has 0 unspecified atom stereocenters. The highest BCUT2D eigenvalue weighted by Gasteiger charge is 2.38. The van der Waals surface area contributed by atoms with E-state index in [0.717, 1.165) is 22.6 Å². The van der Waals surface area contributed by atoms with Crippen LogP contribution in [0.1, 0.15) is 33.4 Å². The third kappa shape index (κ3) is 3.19. The average Bonchev–Trinajstić information content (AvgIpc) is 3.31. The lowest BCUT2D eigenvalue weighted by atomic mass is 10.1. The van der Waals surface area contributed by atoms with Gasteiger partial charge >= 0.3 is 0 Å². The molecule has 1 fully saturated rings. The number of carbonyl (C=O) groups excluding carboxylic acids is 1. The van der Waals surface area contributed by atoms with Crippen molar-refractivity contribution in [2.75, 3.05) is 0 Å². The number of hydrogen-bond donors (Lipinski definition) is 1. The zero-order chi connectivity index (χ0) is 19.1. The maximum absolute atomic E-state index is 12.9. The van der Waals surface area contributed by atoms with Crippen molar-refractivity contribution in [2.45, 2.75) is 26.7 Å². The molecule has 1 aliphatic rings. The fourth-order valence-electron chi connectivity index (χ4n) is 3.36. The minimum absolute atomic E-state index is 0.0277. The van der Waals surface area contributed by atoms with E-state index < -0.39 is 5.92 Å². The number of nitrogens with zero attached hydrogens (tertiary/aromatic N) is 2. The van der Waals surface area contributed by atoms with Crippen molar-refractivity contribution in [3.05, 3.63) is 74.3 Å². The number of nitrogens with one attached hydrogen (secondary N) is 1. The number of aromatic nitrogens is 2. The number of thioether (sulfide) groups is 1. The van der Waals surface area contributed by atoms with Crippen molar-refractivity contribution < 1.29 is 4.79 Å². The summed E-state index contributed by atoms with van der Waals surface area (Å²) in [6.45, 7) is 6.21. The summed E-state index contributed by atoms with van der Waals surface area (Å²) in [6, 6.07) is 10.5. The topological polar surface area (TPSA) is 58.7 Å². The molecule has 0 radical (unpaired) electrons. The van der Waals surface area contributed by atoms with Gasteiger partial charge in [0.2, 0.25) is 0 Å². The normalized spacial score (nSPS) is 18.6. The Balaban J connectivity index is 1.71. The largest absolute Gasteiger partial charge is 0.318 e. The summed E-state index contributed by atoms with van der Waals surface area (Å²) < 4.78 is 2.19. The summed E-state index contributed by atoms with van der Waals surface area (Å²) in [5, 5.41) is 11.1. The van der Waals surface area contributed by atoms with Crippen LogP contribution in [0.4, 0.5) is 0 Å². The van der Waals surface area contributed by atoms with Crippen LogP contribution in [0.2, 0.25) is 0 Å². The molecule has 27 heavy (non-hydrogen) atoms. The van der Waals surface area contributed by atoms with Gasteiger partial charge in [-0.3, -0.25) is 10.2 Å². The molecule has 1 N–H and O–H groups in total. The minimum atomic E-state index is -0.540. The van der Waals surface area contributed by atoms with Crippen LogP contribution in [0.25, 0.3) is 11.8 Å². The number of aryl methyl sites for hydroxylation is 2. The third-order valence-corrected chi connectivity index (χ3v) is 6.57. The van der Waals surface area contributed by atoms with Crippen molar-refractivity contribution in [3.63, 3.8) is 0 Å². The van der Waals surface area contributed by atoms with Gasteiger partial charge in [-0.05, 0) is 50.6 Å². The molecule has 2 aromatic heterocycles. The van der Waals surface area contributed by atoms with Gasteiger partial charge in [0.1, 0.15) is 10.9 Å². The van der Waals surface area contributed by atoms with Crippen molar-refractivity contribution in [1.29, 1.82) is 5.41 Å². The lowest BCUT2D eigenvalue weighted by Gasteiger charge is -2.10. The van der Waals surface area contributed by atoms with E-state index in [1.165, 1.54) is 28.7 Å². The van der Waals surface area contributed by atoms with E-state index in [0.29, 0.717) is 15.0 Å². The predicted molar refractivity (Wildman–Crippen MR) is 113 cm³/mol. The number of rotatable bonds is 3. The Morgan fingerprint density at radius 2 is 1.93 bits per heavy atom. The number of hydrogen-bond acceptors (Lipinski definition) is 5. The Morgan fingerprint density at radius 1 is 1.19 bits per heavy atom. The van der Waals surface area contributed by atoms with Gasteiger partial charge in [0, 0.05) is 28.7 Å². The van der Waals surface area contributed by atoms with Crippen molar-refractivity contribution in [3.8, 4) is 5.69 Å². The minimum Gasteiger partial charge on any atom is -0.318 e. The molecule has 0 spiro atoms. The Labute approximate surface area is 166 Å². The van der Waals surface area contributed by atoms with Crippen LogP contribution in [0.15, 0.2) is 46.8 Å². The Hall–Kier alpha value is -2.44. The Morgan fingerprint density at radius 3 is 2.59 bits per heavy atom. The molecule has 4 nitrogen and oxygen atoms in total. The van der Waals surface area contributed by atoms with Gasteiger partial charge in [-0.25, -0.2) is 4.98 Å². The van der Waals surface area contributed by atoms with Crippen molar-refractivity contribution in [2.24, 2.45) is 0 Å². The quantitative estimate of drug-likeness (QED) is 0.616. The van der Waals surface area contributed by atoms with Gasteiger partial charge in [0.25, 0.3) is 0 Å². The molecule has 6 heteroatoms. The fraction of sp³-hybridized carbons (Fsp3) is 0.190. The molecule has 4 rings (SSSR count). The van der Waals surface area contributed by atoms with E-state index in [1.807, 2.05) is 11.5 Å². The van der Waals surface area contributed by atoms with Crippen LogP contribution < -0.4 is 0 Å². The predicted octanol–water partition coefficient (Wildman–Crippen LogP) is 5.28. The number of carbonyl (C=O) groups is 1. The summed E-state index contributed by atoms with van der Waals surface area (Å²) in [5.41, 5.74) is 5.55. The molecule has 1 aliphatic heterocycles. The van der Waals surface area contributed by atoms with Crippen LogP contribution in [0, 0.1) is 26.2 Å². The molecular weight excluding hydrogens is 374 g/mol. The summed E-state index contributed by atoms with van der Waals surface area (Å²) in [7, 11) is 0. The third-order valence-electron chi connectivity index (χ3n) is 4.73. The zero-order valence-electron chi connectivity index (χ0n) is 15.3. The van der Waals surface area contributed by atoms with Crippen molar-refractivity contribution >= 4 is 40.0 Å². The maximum Gasteiger partial charge on any atom is 0.186 e. The van der Waals surface area contributed by atoms with Gasteiger partial charge in [-0.15, -0.1) is 11.3 Å². The van der Waals surface area contributed by atoms with E-state index >= 15 is 0 Å². The lowest BCUT2D eigenvalue weighted by molar-refractivity contribution is -0.114. The maximum atomic E-state index is 12.9.